The zero-order valence-corrected chi connectivity index (χ0v) is 32.8. The number of anilines is 5. The van der Waals surface area contributed by atoms with E-state index in [1.54, 1.807) is 0 Å². The van der Waals surface area contributed by atoms with Crippen molar-refractivity contribution in [3.8, 4) is 11.3 Å². The Morgan fingerprint density at radius 2 is 1.38 bits per heavy atom. The molecule has 10 rings (SSSR count). The van der Waals surface area contributed by atoms with E-state index in [9.17, 15) is 0 Å². The van der Waals surface area contributed by atoms with Crippen molar-refractivity contribution in [3.05, 3.63) is 163 Å². The van der Waals surface area contributed by atoms with Gasteiger partial charge in [-0.2, -0.15) is 0 Å². The van der Waals surface area contributed by atoms with E-state index in [1.165, 1.54) is 36.8 Å². The first-order valence-electron chi connectivity index (χ1n) is 17.6. The van der Waals surface area contributed by atoms with Crippen molar-refractivity contribution in [2.45, 2.75) is 15.3 Å². The third-order valence-corrected chi connectivity index (χ3v) is 14.7. The largest absolute Gasteiger partial charge is 0.340 e. The molecule has 0 saturated heterocycles. The number of para-hydroxylation sites is 2. The number of pyridine rings is 2. The van der Waals surface area contributed by atoms with Gasteiger partial charge in [0.25, 0.3) is 0 Å². The molecule has 6 nitrogen and oxygen atoms in total. The fourth-order valence-corrected chi connectivity index (χ4v) is 12.6. The minimum absolute atomic E-state index is 0. The molecule has 4 aromatic heterocycles. The van der Waals surface area contributed by atoms with E-state index in [4.69, 9.17) is 9.97 Å². The predicted octanol–water partition coefficient (Wildman–Crippen LogP) is 8.17. The van der Waals surface area contributed by atoms with Crippen LogP contribution in [0.1, 0.15) is 16.8 Å². The van der Waals surface area contributed by atoms with Gasteiger partial charge in [-0.3, -0.25) is 4.90 Å². The van der Waals surface area contributed by atoms with Crippen LogP contribution in [0.2, 0.25) is 0 Å². The van der Waals surface area contributed by atoms with Gasteiger partial charge in [0, 0.05) is 60.9 Å². The van der Waals surface area contributed by atoms with E-state index in [2.05, 4.69) is 192 Å². The van der Waals surface area contributed by atoms with Crippen molar-refractivity contribution >= 4 is 70.7 Å². The maximum Gasteiger partial charge on any atom is 0.178 e. The van der Waals surface area contributed by atoms with Gasteiger partial charge in [-0.25, -0.2) is 9.97 Å². The molecular weight excluding hydrogens is 779 g/mol. The number of hydrogen-bond donors (Lipinski definition) is 0. The van der Waals surface area contributed by atoms with Crippen LogP contribution in [0.25, 0.3) is 22.3 Å². The molecule has 8 aromatic rings. The van der Waals surface area contributed by atoms with E-state index < -0.39 is 8.80 Å². The molecule has 53 heavy (non-hydrogen) atoms. The minimum Gasteiger partial charge on any atom is -0.340 e. The minimum atomic E-state index is -1.38. The molecule has 1 atom stereocenters. The van der Waals surface area contributed by atoms with Crippen LogP contribution in [0, 0.1) is 0 Å². The second-order valence-electron chi connectivity index (χ2n) is 13.5. The monoisotopic (exact) mass is 813 g/mol. The smallest absolute Gasteiger partial charge is 0.178 e. The zero-order chi connectivity index (χ0) is 34.9. The number of rotatable bonds is 5. The molecule has 2 aliphatic heterocycles. The van der Waals surface area contributed by atoms with Crippen molar-refractivity contribution in [2.24, 2.45) is 14.1 Å². The molecule has 0 spiro atoms. The summed E-state index contributed by atoms with van der Waals surface area (Å²) in [6.45, 7) is 0. The Balaban J connectivity index is 0.00000372. The van der Waals surface area contributed by atoms with Crippen LogP contribution < -0.4 is 24.7 Å². The third kappa shape index (κ3) is 5.42. The Morgan fingerprint density at radius 3 is 2.13 bits per heavy atom. The SMILES string of the molecule is CN1c2ccccc2N(c2ccc3c(n2)C([Si](c2ccccc2)c2ccccc2)c2ccccc2S3)c2nc(-c3cn(C)c4c3[cH-]c[n+]4C)ccc21.[Pd]. The molecule has 0 saturated carbocycles. The van der Waals surface area contributed by atoms with Crippen molar-refractivity contribution < 1.29 is 25.0 Å². The van der Waals surface area contributed by atoms with Crippen LogP contribution in [-0.4, -0.2) is 30.4 Å². The third-order valence-electron chi connectivity index (χ3n) is 10.5. The molecule has 0 N–H and O–H groups in total. The Morgan fingerprint density at radius 1 is 0.698 bits per heavy atom. The van der Waals surface area contributed by atoms with Gasteiger partial charge < -0.3 is 14.0 Å². The molecule has 6 heterocycles. The standard InChI is InChI=1S/C44H35N6SSi.Pd/c1-47-27-26-31-33(28-48(2)44(31)47)34-22-23-37-43(45-34)50(36-20-12-11-19-35(36)49(37)3)40-25-24-39-41(46-40)42(32-18-10-13-21-38(32)51-39)52(29-14-6-4-7-15-29)30-16-8-5-9-17-30;/h4-28,42H,1-3H3;. The van der Waals surface area contributed by atoms with Crippen LogP contribution >= 0.6 is 11.8 Å². The Kier molecular flexibility index (Phi) is 8.48. The molecule has 1 unspecified atom stereocenters. The van der Waals surface area contributed by atoms with Gasteiger partial charge in [0.1, 0.15) is 14.6 Å². The molecule has 1 radical (unpaired) electrons. The summed E-state index contributed by atoms with van der Waals surface area (Å²) < 4.78 is 4.35. The average Bonchev–Trinajstić information content (AvgIpc) is 3.75. The van der Waals surface area contributed by atoms with Gasteiger partial charge >= 0.3 is 0 Å². The van der Waals surface area contributed by atoms with Crippen molar-refractivity contribution in [3.63, 3.8) is 0 Å². The number of aryl methyl sites for hydroxylation is 2. The summed E-state index contributed by atoms with van der Waals surface area (Å²) >= 11 is 1.83. The van der Waals surface area contributed by atoms with E-state index in [0.717, 1.165) is 45.6 Å². The molecule has 0 fully saturated rings. The molecular formula is C44H35N6PdSSi. The van der Waals surface area contributed by atoms with Gasteiger partial charge in [0.2, 0.25) is 0 Å². The summed E-state index contributed by atoms with van der Waals surface area (Å²) in [7, 11) is 4.94. The quantitative estimate of drug-likeness (QED) is 0.0998. The average molecular weight is 814 g/mol. The summed E-state index contributed by atoms with van der Waals surface area (Å²) in [5, 5.41) is 3.94. The Hall–Kier alpha value is -5.17. The molecule has 9 heteroatoms. The normalized spacial score (nSPS) is 14.4. The zero-order valence-electron chi connectivity index (χ0n) is 29.4. The molecule has 4 aromatic carbocycles. The van der Waals surface area contributed by atoms with Crippen LogP contribution in [0.15, 0.2) is 162 Å². The van der Waals surface area contributed by atoms with Gasteiger partial charge in [-0.15, -0.1) is 6.07 Å². The Bertz CT molecular complexity index is 2600. The maximum atomic E-state index is 5.74. The van der Waals surface area contributed by atoms with Gasteiger partial charge in [0.05, 0.1) is 36.9 Å². The van der Waals surface area contributed by atoms with E-state index in [0.29, 0.717) is 0 Å². The number of benzene rings is 4. The number of nitrogens with zero attached hydrogens (tertiary/aromatic N) is 6. The maximum absolute atomic E-state index is 5.74. The summed E-state index contributed by atoms with van der Waals surface area (Å²) in [5.41, 5.74) is 9.01. The van der Waals surface area contributed by atoms with Crippen LogP contribution in [0.5, 0.6) is 0 Å². The molecule has 261 valence electrons. The van der Waals surface area contributed by atoms with Crippen molar-refractivity contribution in [1.82, 2.24) is 14.5 Å². The van der Waals surface area contributed by atoms with Crippen LogP contribution in [0.4, 0.5) is 28.7 Å². The first-order chi connectivity index (χ1) is 25.5. The van der Waals surface area contributed by atoms with Gasteiger partial charge in [0.15, 0.2) is 11.5 Å². The van der Waals surface area contributed by atoms with E-state index >= 15 is 0 Å². The van der Waals surface area contributed by atoms with E-state index in [1.807, 2.05) is 11.8 Å². The molecule has 2 aliphatic rings. The molecule has 0 amide bonds. The second-order valence-corrected chi connectivity index (χ2v) is 17.2. The Labute approximate surface area is 329 Å². The summed E-state index contributed by atoms with van der Waals surface area (Å²) in [6, 6.07) is 50.7. The van der Waals surface area contributed by atoms with Crippen LogP contribution in [0.3, 0.4) is 0 Å². The number of aromatic nitrogens is 4. The number of fused-ring (bicyclic) bond motifs is 5. The fourth-order valence-electron chi connectivity index (χ4n) is 8.10. The molecule has 0 aliphatic carbocycles. The first-order valence-corrected chi connectivity index (χ1v) is 19.9. The topological polar surface area (TPSA) is 41.1 Å². The predicted molar refractivity (Wildman–Crippen MR) is 214 cm³/mol. The summed E-state index contributed by atoms with van der Waals surface area (Å²) in [4.78, 5) is 18.3. The summed E-state index contributed by atoms with van der Waals surface area (Å²) in [6.07, 6.45) is 4.31. The van der Waals surface area contributed by atoms with E-state index in [-0.39, 0.29) is 26.0 Å². The van der Waals surface area contributed by atoms with Gasteiger partial charge in [-0.05, 0) is 48.0 Å². The fraction of sp³-hybridized carbons (Fsp3) is 0.0909. The number of hydrogen-bond acceptors (Lipinski definition) is 5. The van der Waals surface area contributed by atoms with Gasteiger partial charge in [-0.1, -0.05) is 124 Å². The molecule has 0 bridgehead atoms. The second kappa shape index (κ2) is 13.4. The van der Waals surface area contributed by atoms with Crippen molar-refractivity contribution in [1.29, 1.82) is 0 Å². The summed E-state index contributed by atoms with van der Waals surface area (Å²) in [5.74, 6) is 1.74. The van der Waals surface area contributed by atoms with Crippen molar-refractivity contribution in [2.75, 3.05) is 16.8 Å². The van der Waals surface area contributed by atoms with Crippen LogP contribution in [-0.2, 0) is 34.5 Å². The first kappa shape index (κ1) is 33.7.